The van der Waals surface area contributed by atoms with E-state index in [9.17, 15) is 9.59 Å². The Labute approximate surface area is 163 Å². The Morgan fingerprint density at radius 2 is 1.86 bits per heavy atom. The molecule has 1 aliphatic carbocycles. The maximum Gasteiger partial charge on any atom is 0.231 e. The van der Waals surface area contributed by atoms with Gasteiger partial charge in [-0.3, -0.25) is 9.59 Å². The Kier molecular flexibility index (Phi) is 5.06. The van der Waals surface area contributed by atoms with E-state index in [4.69, 9.17) is 14.2 Å². The molecule has 2 aromatic rings. The molecule has 7 heteroatoms. The summed E-state index contributed by atoms with van der Waals surface area (Å²) in [6, 6.07) is 12.8. The molecule has 2 aromatic carbocycles. The Morgan fingerprint density at radius 1 is 1.07 bits per heavy atom. The van der Waals surface area contributed by atoms with Gasteiger partial charge in [-0.05, 0) is 43.2 Å². The molecule has 0 saturated heterocycles. The molecule has 1 fully saturated rings. The molecule has 146 valence electrons. The summed E-state index contributed by atoms with van der Waals surface area (Å²) in [5.41, 5.74) is 1.55. The second-order valence-corrected chi connectivity index (χ2v) is 6.77. The average Bonchev–Trinajstić information content (AvgIpc) is 3.38. The van der Waals surface area contributed by atoms with Gasteiger partial charge in [0, 0.05) is 6.54 Å². The monoisotopic (exact) mass is 382 g/mol. The number of fused-ring (bicyclic) bond motifs is 1. The molecular formula is C21H22N2O5. The van der Waals surface area contributed by atoms with E-state index >= 15 is 0 Å². The maximum absolute atomic E-state index is 12.5. The molecule has 0 radical (unpaired) electrons. The van der Waals surface area contributed by atoms with Gasteiger partial charge in [-0.25, -0.2) is 0 Å². The van der Waals surface area contributed by atoms with Gasteiger partial charge in [0.15, 0.2) is 11.5 Å². The molecule has 0 bridgehead atoms. The van der Waals surface area contributed by atoms with Gasteiger partial charge in [0.05, 0.1) is 24.1 Å². The highest BCUT2D eigenvalue weighted by atomic mass is 16.7. The first-order valence-corrected chi connectivity index (χ1v) is 9.34. The smallest absolute Gasteiger partial charge is 0.231 e. The number of rotatable bonds is 7. The van der Waals surface area contributed by atoms with Gasteiger partial charge in [-0.15, -0.1) is 0 Å². The van der Waals surface area contributed by atoms with Crippen LogP contribution in [0, 0.1) is 11.8 Å². The summed E-state index contributed by atoms with van der Waals surface area (Å²) >= 11 is 0. The number of carbonyl (C=O) groups excluding carboxylic acids is 2. The van der Waals surface area contributed by atoms with E-state index in [1.165, 1.54) is 0 Å². The van der Waals surface area contributed by atoms with Gasteiger partial charge >= 0.3 is 0 Å². The Balaban J connectivity index is 1.29. The van der Waals surface area contributed by atoms with E-state index in [2.05, 4.69) is 10.6 Å². The fraction of sp³-hybridized carbons (Fsp3) is 0.333. The lowest BCUT2D eigenvalue weighted by atomic mass is 10.2. The first-order chi connectivity index (χ1) is 13.7. The van der Waals surface area contributed by atoms with E-state index in [1.54, 1.807) is 6.07 Å². The van der Waals surface area contributed by atoms with Crippen LogP contribution in [0.3, 0.4) is 0 Å². The quantitative estimate of drug-likeness (QED) is 0.769. The van der Waals surface area contributed by atoms with Crippen molar-refractivity contribution >= 4 is 17.5 Å². The number of amides is 2. The lowest BCUT2D eigenvalue weighted by Crippen LogP contribution is -2.27. The van der Waals surface area contributed by atoms with Crippen molar-refractivity contribution in [3.8, 4) is 17.2 Å². The molecule has 0 spiro atoms. The molecule has 2 atom stereocenters. The van der Waals surface area contributed by atoms with Gasteiger partial charge in [-0.2, -0.15) is 0 Å². The largest absolute Gasteiger partial charge is 0.492 e. The van der Waals surface area contributed by atoms with Gasteiger partial charge in [0.2, 0.25) is 18.6 Å². The molecule has 2 amide bonds. The van der Waals surface area contributed by atoms with Gasteiger partial charge < -0.3 is 24.8 Å². The minimum atomic E-state index is -0.313. The minimum absolute atomic E-state index is 0.115. The molecule has 2 aliphatic rings. The van der Waals surface area contributed by atoms with Crippen molar-refractivity contribution in [2.45, 2.75) is 19.9 Å². The van der Waals surface area contributed by atoms with Crippen LogP contribution < -0.4 is 24.8 Å². The van der Waals surface area contributed by atoms with Crippen LogP contribution in [-0.4, -0.2) is 25.2 Å². The fourth-order valence-corrected chi connectivity index (χ4v) is 3.22. The van der Waals surface area contributed by atoms with Crippen molar-refractivity contribution in [3.63, 3.8) is 0 Å². The van der Waals surface area contributed by atoms with Crippen LogP contribution in [0.4, 0.5) is 5.69 Å². The number of carbonyl (C=O) groups is 2. The highest BCUT2D eigenvalue weighted by Gasteiger charge is 2.48. The molecule has 4 rings (SSSR count). The van der Waals surface area contributed by atoms with Crippen molar-refractivity contribution in [2.24, 2.45) is 11.8 Å². The summed E-state index contributed by atoms with van der Waals surface area (Å²) in [5, 5.41) is 5.76. The number of nitrogens with one attached hydrogen (secondary N) is 2. The summed E-state index contributed by atoms with van der Waals surface area (Å²) in [4.78, 5) is 24.8. The van der Waals surface area contributed by atoms with Crippen LogP contribution in [0.15, 0.2) is 42.5 Å². The van der Waals surface area contributed by atoms with Crippen LogP contribution in [0.25, 0.3) is 0 Å². The zero-order chi connectivity index (χ0) is 19.5. The summed E-state index contributed by atoms with van der Waals surface area (Å²) in [6.07, 6.45) is 0.551. The Bertz CT molecular complexity index is 898. The van der Waals surface area contributed by atoms with Gasteiger partial charge in [0.1, 0.15) is 5.75 Å². The number of anilines is 1. The van der Waals surface area contributed by atoms with E-state index in [1.807, 2.05) is 43.3 Å². The Hall–Kier alpha value is -3.22. The first-order valence-electron chi connectivity index (χ1n) is 9.34. The van der Waals surface area contributed by atoms with Crippen molar-refractivity contribution in [1.29, 1.82) is 0 Å². The summed E-state index contributed by atoms with van der Waals surface area (Å²) < 4.78 is 16.1. The van der Waals surface area contributed by atoms with Gasteiger partial charge in [0.25, 0.3) is 0 Å². The first kappa shape index (κ1) is 18.2. The summed E-state index contributed by atoms with van der Waals surface area (Å²) in [7, 11) is 0. The molecule has 7 nitrogen and oxygen atoms in total. The van der Waals surface area contributed by atoms with Gasteiger partial charge in [-0.1, -0.05) is 18.2 Å². The molecule has 28 heavy (non-hydrogen) atoms. The van der Waals surface area contributed by atoms with Crippen molar-refractivity contribution in [1.82, 2.24) is 5.32 Å². The van der Waals surface area contributed by atoms with Crippen molar-refractivity contribution in [2.75, 3.05) is 18.7 Å². The number of para-hydroxylation sites is 2. The molecule has 0 aromatic heterocycles. The number of benzene rings is 2. The van der Waals surface area contributed by atoms with Crippen molar-refractivity contribution in [3.05, 3.63) is 48.0 Å². The molecule has 1 aliphatic heterocycles. The number of hydrogen-bond acceptors (Lipinski definition) is 5. The lowest BCUT2D eigenvalue weighted by molar-refractivity contribution is -0.125. The SMILES string of the molecule is CCOc1ccccc1NC(=O)C1CC1C(=O)NCc1ccc2c(c1)OCO2. The van der Waals surface area contributed by atoms with E-state index in [-0.39, 0.29) is 30.4 Å². The number of ether oxygens (including phenoxy) is 3. The van der Waals surface area contributed by atoms with Crippen LogP contribution in [0.1, 0.15) is 18.9 Å². The molecule has 1 heterocycles. The summed E-state index contributed by atoms with van der Waals surface area (Å²) in [5.74, 6) is 1.14. The van der Waals surface area contributed by atoms with E-state index in [0.29, 0.717) is 42.5 Å². The van der Waals surface area contributed by atoms with E-state index < -0.39 is 0 Å². The Morgan fingerprint density at radius 3 is 2.71 bits per heavy atom. The highest BCUT2D eigenvalue weighted by Crippen LogP contribution is 2.40. The second kappa shape index (κ2) is 7.80. The molecule has 2 N–H and O–H groups in total. The maximum atomic E-state index is 12.5. The molecular weight excluding hydrogens is 360 g/mol. The fourth-order valence-electron chi connectivity index (χ4n) is 3.22. The predicted molar refractivity (Wildman–Crippen MR) is 102 cm³/mol. The van der Waals surface area contributed by atoms with Crippen LogP contribution >= 0.6 is 0 Å². The summed E-state index contributed by atoms with van der Waals surface area (Å²) in [6.45, 7) is 3.01. The second-order valence-electron chi connectivity index (χ2n) is 6.77. The lowest BCUT2D eigenvalue weighted by Gasteiger charge is -2.11. The zero-order valence-electron chi connectivity index (χ0n) is 15.6. The average molecular weight is 382 g/mol. The molecule has 1 saturated carbocycles. The highest BCUT2D eigenvalue weighted by molar-refractivity contribution is 6.00. The standard InChI is InChI=1S/C21H22N2O5/c1-2-26-17-6-4-3-5-16(17)23-21(25)15-10-14(15)20(24)22-11-13-7-8-18-19(9-13)28-12-27-18/h3-9,14-15H,2,10-12H2,1H3,(H,22,24)(H,23,25). The van der Waals surface area contributed by atoms with E-state index in [0.717, 1.165) is 5.56 Å². The minimum Gasteiger partial charge on any atom is -0.492 e. The van der Waals surface area contributed by atoms with Crippen LogP contribution in [0.5, 0.6) is 17.2 Å². The topological polar surface area (TPSA) is 85.9 Å². The zero-order valence-corrected chi connectivity index (χ0v) is 15.6. The van der Waals surface area contributed by atoms with Crippen LogP contribution in [-0.2, 0) is 16.1 Å². The predicted octanol–water partition coefficient (Wildman–Crippen LogP) is 2.71. The normalized spacial score (nSPS) is 19.0. The third kappa shape index (κ3) is 3.88. The van der Waals surface area contributed by atoms with Crippen molar-refractivity contribution < 1.29 is 23.8 Å². The third-order valence-corrected chi connectivity index (χ3v) is 4.81. The third-order valence-electron chi connectivity index (χ3n) is 4.81. The molecule has 2 unspecified atom stereocenters. The van der Waals surface area contributed by atoms with Crippen LogP contribution in [0.2, 0.25) is 0 Å². The number of hydrogen-bond donors (Lipinski definition) is 2.